The molecule has 1 aromatic heterocycles. The van der Waals surface area contributed by atoms with E-state index in [1.807, 2.05) is 0 Å². The number of esters is 2. The number of hydrogen-bond donors (Lipinski definition) is 1. The zero-order valence-corrected chi connectivity index (χ0v) is 11.7. The van der Waals surface area contributed by atoms with Crippen LogP contribution < -0.4 is 5.32 Å². The Hall–Kier alpha value is -2.76. The molecule has 2 rings (SSSR count). The smallest absolute Gasteiger partial charge is 0.373 e. The maximum Gasteiger partial charge on any atom is 0.373 e. The second kappa shape index (κ2) is 6.60. The Morgan fingerprint density at radius 1 is 1.05 bits per heavy atom. The first-order valence-corrected chi connectivity index (χ1v) is 6.24. The van der Waals surface area contributed by atoms with Gasteiger partial charge in [0.15, 0.2) is 0 Å². The molecule has 0 fully saturated rings. The number of ether oxygens (including phenoxy) is 2. The van der Waals surface area contributed by atoms with Gasteiger partial charge in [-0.15, -0.1) is 0 Å². The van der Waals surface area contributed by atoms with Gasteiger partial charge >= 0.3 is 11.9 Å². The van der Waals surface area contributed by atoms with Crippen molar-refractivity contribution in [1.29, 1.82) is 0 Å². The first kappa shape index (κ1) is 14.6. The normalized spacial score (nSPS) is 10.0. The van der Waals surface area contributed by atoms with Gasteiger partial charge in [-0.25, -0.2) is 9.59 Å². The van der Waals surface area contributed by atoms with Gasteiger partial charge < -0.3 is 19.2 Å². The van der Waals surface area contributed by atoms with Gasteiger partial charge in [-0.3, -0.25) is 0 Å². The number of carbonyl (C=O) groups excluding carboxylic acids is 2. The van der Waals surface area contributed by atoms with Crippen molar-refractivity contribution in [1.82, 2.24) is 0 Å². The van der Waals surface area contributed by atoms with Crippen molar-refractivity contribution in [3.05, 3.63) is 53.5 Å². The van der Waals surface area contributed by atoms with E-state index in [0.717, 1.165) is 0 Å². The number of carbonyl (C=O) groups is 2. The van der Waals surface area contributed by atoms with E-state index in [-0.39, 0.29) is 5.76 Å². The van der Waals surface area contributed by atoms with Crippen molar-refractivity contribution in [3.8, 4) is 0 Å². The average molecular weight is 289 g/mol. The van der Waals surface area contributed by atoms with Crippen molar-refractivity contribution in [2.45, 2.75) is 6.54 Å². The van der Waals surface area contributed by atoms with Crippen LogP contribution in [-0.2, 0) is 16.0 Å². The highest BCUT2D eigenvalue weighted by molar-refractivity contribution is 5.95. The third-order valence-electron chi connectivity index (χ3n) is 2.83. The molecule has 0 aliphatic heterocycles. The molecule has 1 N–H and O–H groups in total. The molecule has 0 saturated carbocycles. The highest BCUT2D eigenvalue weighted by Gasteiger charge is 2.13. The van der Waals surface area contributed by atoms with E-state index >= 15 is 0 Å². The van der Waals surface area contributed by atoms with Gasteiger partial charge in [0.1, 0.15) is 5.76 Å². The van der Waals surface area contributed by atoms with E-state index in [2.05, 4.69) is 10.1 Å². The molecule has 0 aliphatic rings. The molecule has 1 aromatic carbocycles. The Morgan fingerprint density at radius 3 is 2.48 bits per heavy atom. The number of hydrogen-bond acceptors (Lipinski definition) is 6. The third kappa shape index (κ3) is 3.42. The summed E-state index contributed by atoms with van der Waals surface area (Å²) in [6, 6.07) is 10.2. The van der Waals surface area contributed by atoms with Crippen LogP contribution in [0.4, 0.5) is 5.69 Å². The lowest BCUT2D eigenvalue weighted by atomic mass is 10.2. The molecule has 1 heterocycles. The maximum absolute atomic E-state index is 11.6. The summed E-state index contributed by atoms with van der Waals surface area (Å²) in [6.45, 7) is 0.324. The van der Waals surface area contributed by atoms with Gasteiger partial charge in [0.25, 0.3) is 0 Å². The third-order valence-corrected chi connectivity index (χ3v) is 2.83. The number of anilines is 1. The summed E-state index contributed by atoms with van der Waals surface area (Å²) in [5, 5.41) is 3.07. The molecule has 0 saturated heterocycles. The quantitative estimate of drug-likeness (QED) is 0.852. The first-order chi connectivity index (χ1) is 10.2. The van der Waals surface area contributed by atoms with Gasteiger partial charge in [-0.1, -0.05) is 12.1 Å². The molecule has 2 aromatic rings. The van der Waals surface area contributed by atoms with E-state index in [4.69, 9.17) is 9.15 Å². The van der Waals surface area contributed by atoms with Crippen molar-refractivity contribution >= 4 is 17.6 Å². The van der Waals surface area contributed by atoms with E-state index in [1.54, 1.807) is 30.3 Å². The van der Waals surface area contributed by atoms with E-state index in [9.17, 15) is 9.59 Å². The highest BCUT2D eigenvalue weighted by Crippen LogP contribution is 2.18. The standard InChI is InChI=1S/C15H15NO5/c1-19-14(17)11-5-3-4-6-12(11)16-9-10-7-8-13(21-10)15(18)20-2/h3-8,16H,9H2,1-2H3. The van der Waals surface area contributed by atoms with Gasteiger partial charge in [0, 0.05) is 5.69 Å². The first-order valence-electron chi connectivity index (χ1n) is 6.24. The van der Waals surface area contributed by atoms with Crippen LogP contribution in [-0.4, -0.2) is 26.2 Å². The summed E-state index contributed by atoms with van der Waals surface area (Å²) in [4.78, 5) is 22.9. The van der Waals surface area contributed by atoms with Crippen LogP contribution in [0.5, 0.6) is 0 Å². The van der Waals surface area contributed by atoms with Gasteiger partial charge in [0.2, 0.25) is 5.76 Å². The number of benzene rings is 1. The van der Waals surface area contributed by atoms with Crippen molar-refractivity contribution in [2.75, 3.05) is 19.5 Å². The Labute approximate surface area is 121 Å². The van der Waals surface area contributed by atoms with Crippen LogP contribution in [0.25, 0.3) is 0 Å². The molecule has 6 nitrogen and oxygen atoms in total. The number of nitrogens with one attached hydrogen (secondary N) is 1. The van der Waals surface area contributed by atoms with Crippen LogP contribution >= 0.6 is 0 Å². The summed E-state index contributed by atoms with van der Waals surface area (Å²) in [5.74, 6) is -0.269. The fourth-order valence-corrected chi connectivity index (χ4v) is 1.79. The topological polar surface area (TPSA) is 77.8 Å². The molecule has 0 amide bonds. The second-order valence-corrected chi connectivity index (χ2v) is 4.15. The monoisotopic (exact) mass is 289 g/mol. The SMILES string of the molecule is COC(=O)c1ccc(CNc2ccccc2C(=O)OC)o1. The fourth-order valence-electron chi connectivity index (χ4n) is 1.79. The summed E-state index contributed by atoms with van der Waals surface area (Å²) in [7, 11) is 2.61. The Balaban J connectivity index is 2.08. The van der Waals surface area contributed by atoms with Crippen LogP contribution in [0.2, 0.25) is 0 Å². The predicted molar refractivity (Wildman–Crippen MR) is 75.2 cm³/mol. The zero-order valence-electron chi connectivity index (χ0n) is 11.7. The molecule has 0 radical (unpaired) electrons. The number of rotatable bonds is 5. The largest absolute Gasteiger partial charge is 0.465 e. The van der Waals surface area contributed by atoms with Crippen LogP contribution in [0.15, 0.2) is 40.8 Å². The molecule has 21 heavy (non-hydrogen) atoms. The van der Waals surface area contributed by atoms with Gasteiger partial charge in [-0.2, -0.15) is 0 Å². The van der Waals surface area contributed by atoms with Crippen molar-refractivity contribution < 1.29 is 23.5 Å². The van der Waals surface area contributed by atoms with Crippen molar-refractivity contribution in [2.24, 2.45) is 0 Å². The van der Waals surface area contributed by atoms with E-state index in [0.29, 0.717) is 23.6 Å². The molecule has 0 atom stereocenters. The van der Waals surface area contributed by atoms with Gasteiger partial charge in [-0.05, 0) is 24.3 Å². The Bertz CT molecular complexity index is 647. The minimum Gasteiger partial charge on any atom is -0.465 e. The van der Waals surface area contributed by atoms with Crippen LogP contribution in [0.3, 0.4) is 0 Å². The lowest BCUT2D eigenvalue weighted by molar-refractivity contribution is 0.0561. The highest BCUT2D eigenvalue weighted by atomic mass is 16.5. The molecular weight excluding hydrogens is 274 g/mol. The fraction of sp³-hybridized carbons (Fsp3) is 0.200. The Kier molecular flexibility index (Phi) is 4.61. The summed E-state index contributed by atoms with van der Waals surface area (Å²) in [6.07, 6.45) is 0. The van der Waals surface area contributed by atoms with Gasteiger partial charge in [0.05, 0.1) is 26.3 Å². The Morgan fingerprint density at radius 2 is 1.76 bits per heavy atom. The van der Waals surface area contributed by atoms with E-state index < -0.39 is 11.9 Å². The minimum absolute atomic E-state index is 0.135. The molecule has 0 spiro atoms. The maximum atomic E-state index is 11.6. The predicted octanol–water partition coefficient (Wildman–Crippen LogP) is 2.46. The van der Waals surface area contributed by atoms with Crippen molar-refractivity contribution in [3.63, 3.8) is 0 Å². The van der Waals surface area contributed by atoms with E-state index in [1.165, 1.54) is 20.3 Å². The molecule has 0 bridgehead atoms. The van der Waals surface area contributed by atoms with Crippen LogP contribution in [0.1, 0.15) is 26.7 Å². The molecule has 6 heteroatoms. The number of methoxy groups -OCH3 is 2. The molecule has 110 valence electrons. The lowest BCUT2D eigenvalue weighted by Crippen LogP contribution is -2.07. The minimum atomic E-state index is -0.531. The number of furan rings is 1. The summed E-state index contributed by atoms with van der Waals surface area (Å²) in [5.41, 5.74) is 1.06. The average Bonchev–Trinajstić information content (AvgIpc) is 3.00. The number of para-hydroxylation sites is 1. The molecule has 0 aliphatic carbocycles. The summed E-state index contributed by atoms with van der Waals surface area (Å²) >= 11 is 0. The molecule has 0 unspecified atom stereocenters. The van der Waals surface area contributed by atoms with Crippen LogP contribution in [0, 0.1) is 0 Å². The lowest BCUT2D eigenvalue weighted by Gasteiger charge is -2.09. The second-order valence-electron chi connectivity index (χ2n) is 4.15. The zero-order chi connectivity index (χ0) is 15.2. The molecular formula is C15H15NO5. The summed E-state index contributed by atoms with van der Waals surface area (Å²) < 4.78 is 14.6.